The SMILES string of the molecule is CC(C)CCN[C@@H]1CCC[C@H]1F. The van der Waals surface area contributed by atoms with E-state index in [1.807, 2.05) is 0 Å². The zero-order valence-corrected chi connectivity index (χ0v) is 8.15. The van der Waals surface area contributed by atoms with Crippen molar-refractivity contribution in [3.05, 3.63) is 0 Å². The van der Waals surface area contributed by atoms with E-state index in [1.54, 1.807) is 0 Å². The molecule has 0 aromatic heterocycles. The van der Waals surface area contributed by atoms with Crippen LogP contribution in [-0.4, -0.2) is 18.8 Å². The Balaban J connectivity index is 2.06. The van der Waals surface area contributed by atoms with Gasteiger partial charge in [-0.15, -0.1) is 0 Å². The van der Waals surface area contributed by atoms with E-state index in [0.717, 1.165) is 38.1 Å². The molecule has 1 rings (SSSR count). The number of hydrogen-bond acceptors (Lipinski definition) is 1. The Hall–Kier alpha value is -0.110. The number of rotatable bonds is 4. The van der Waals surface area contributed by atoms with Crippen LogP contribution in [0.25, 0.3) is 0 Å². The molecule has 0 saturated heterocycles. The van der Waals surface area contributed by atoms with Gasteiger partial charge in [-0.2, -0.15) is 0 Å². The van der Waals surface area contributed by atoms with E-state index in [1.165, 1.54) is 0 Å². The van der Waals surface area contributed by atoms with E-state index in [9.17, 15) is 4.39 Å². The van der Waals surface area contributed by atoms with Crippen LogP contribution in [0.2, 0.25) is 0 Å². The lowest BCUT2D eigenvalue weighted by Gasteiger charge is -2.15. The second-order valence-electron chi connectivity index (χ2n) is 4.19. The minimum absolute atomic E-state index is 0.156. The van der Waals surface area contributed by atoms with Crippen molar-refractivity contribution in [3.63, 3.8) is 0 Å². The predicted molar refractivity (Wildman–Crippen MR) is 50.0 cm³/mol. The first-order valence-corrected chi connectivity index (χ1v) is 5.07. The summed E-state index contributed by atoms with van der Waals surface area (Å²) in [5, 5.41) is 3.29. The van der Waals surface area contributed by atoms with E-state index < -0.39 is 6.17 Å². The molecule has 0 amide bonds. The Morgan fingerprint density at radius 1 is 1.42 bits per heavy atom. The van der Waals surface area contributed by atoms with Crippen molar-refractivity contribution >= 4 is 0 Å². The van der Waals surface area contributed by atoms with Crippen molar-refractivity contribution in [1.82, 2.24) is 5.32 Å². The number of hydrogen-bond donors (Lipinski definition) is 1. The van der Waals surface area contributed by atoms with Gasteiger partial charge in [0.05, 0.1) is 0 Å². The van der Waals surface area contributed by atoms with Gasteiger partial charge in [-0.1, -0.05) is 13.8 Å². The average molecular weight is 173 g/mol. The minimum atomic E-state index is -0.586. The molecule has 1 saturated carbocycles. The summed E-state index contributed by atoms with van der Waals surface area (Å²) in [7, 11) is 0. The van der Waals surface area contributed by atoms with Gasteiger partial charge in [0.25, 0.3) is 0 Å². The predicted octanol–water partition coefficient (Wildman–Crippen LogP) is 2.51. The zero-order chi connectivity index (χ0) is 8.97. The molecule has 0 bridgehead atoms. The standard InChI is InChI=1S/C10H20FN/c1-8(2)6-7-12-10-5-3-4-9(10)11/h8-10,12H,3-7H2,1-2H3/t9-,10-/m1/s1. The molecule has 1 fully saturated rings. The summed E-state index contributed by atoms with van der Waals surface area (Å²) < 4.78 is 13.0. The Kier molecular flexibility index (Phi) is 3.99. The molecule has 2 heteroatoms. The van der Waals surface area contributed by atoms with Gasteiger partial charge < -0.3 is 5.32 Å². The fourth-order valence-corrected chi connectivity index (χ4v) is 1.70. The van der Waals surface area contributed by atoms with Crippen molar-refractivity contribution in [1.29, 1.82) is 0 Å². The van der Waals surface area contributed by atoms with Crippen molar-refractivity contribution in [2.45, 2.75) is 51.7 Å². The highest BCUT2D eigenvalue weighted by atomic mass is 19.1. The van der Waals surface area contributed by atoms with Crippen molar-refractivity contribution in [2.24, 2.45) is 5.92 Å². The Morgan fingerprint density at radius 3 is 2.67 bits per heavy atom. The molecule has 0 aliphatic heterocycles. The third-order valence-corrected chi connectivity index (χ3v) is 2.56. The molecular formula is C10H20FN. The lowest BCUT2D eigenvalue weighted by atomic mass is 10.1. The van der Waals surface area contributed by atoms with Crippen LogP contribution in [0.5, 0.6) is 0 Å². The highest BCUT2D eigenvalue weighted by Crippen LogP contribution is 2.21. The quantitative estimate of drug-likeness (QED) is 0.688. The van der Waals surface area contributed by atoms with Gasteiger partial charge in [-0.3, -0.25) is 0 Å². The maximum absolute atomic E-state index is 13.0. The maximum atomic E-state index is 13.0. The zero-order valence-electron chi connectivity index (χ0n) is 8.15. The Morgan fingerprint density at radius 2 is 2.17 bits per heavy atom. The molecule has 1 aliphatic rings. The van der Waals surface area contributed by atoms with Crippen LogP contribution in [0.15, 0.2) is 0 Å². The largest absolute Gasteiger partial charge is 0.311 e. The monoisotopic (exact) mass is 173 g/mol. The summed E-state index contributed by atoms with van der Waals surface area (Å²) in [6.45, 7) is 5.37. The van der Waals surface area contributed by atoms with Crippen LogP contribution in [-0.2, 0) is 0 Å². The van der Waals surface area contributed by atoms with Gasteiger partial charge in [0.15, 0.2) is 0 Å². The molecule has 0 heterocycles. The first kappa shape index (κ1) is 9.97. The molecule has 72 valence electrons. The van der Waals surface area contributed by atoms with Crippen molar-refractivity contribution < 1.29 is 4.39 Å². The molecule has 2 atom stereocenters. The lowest BCUT2D eigenvalue weighted by Crippen LogP contribution is -2.34. The van der Waals surface area contributed by atoms with Crippen molar-refractivity contribution in [2.75, 3.05) is 6.54 Å². The third-order valence-electron chi connectivity index (χ3n) is 2.56. The second kappa shape index (κ2) is 4.80. The van der Waals surface area contributed by atoms with E-state index in [2.05, 4.69) is 19.2 Å². The fourth-order valence-electron chi connectivity index (χ4n) is 1.70. The van der Waals surface area contributed by atoms with Gasteiger partial charge in [0.1, 0.15) is 6.17 Å². The topological polar surface area (TPSA) is 12.0 Å². The van der Waals surface area contributed by atoms with Crippen LogP contribution < -0.4 is 5.32 Å². The maximum Gasteiger partial charge on any atom is 0.115 e. The summed E-state index contributed by atoms with van der Waals surface area (Å²) in [6, 6.07) is 0.156. The molecule has 1 nitrogen and oxygen atoms in total. The molecule has 0 radical (unpaired) electrons. The highest BCUT2D eigenvalue weighted by Gasteiger charge is 2.25. The second-order valence-corrected chi connectivity index (χ2v) is 4.19. The Bertz CT molecular complexity index is 125. The van der Waals surface area contributed by atoms with Crippen molar-refractivity contribution in [3.8, 4) is 0 Å². The molecule has 0 aromatic carbocycles. The summed E-state index contributed by atoms with van der Waals surface area (Å²) in [6.07, 6.45) is 3.42. The van der Waals surface area contributed by atoms with Gasteiger partial charge in [-0.25, -0.2) is 4.39 Å². The molecule has 1 aliphatic carbocycles. The van der Waals surface area contributed by atoms with Gasteiger partial charge in [-0.05, 0) is 38.1 Å². The van der Waals surface area contributed by atoms with E-state index >= 15 is 0 Å². The van der Waals surface area contributed by atoms with Crippen LogP contribution in [0, 0.1) is 5.92 Å². The number of nitrogens with one attached hydrogen (secondary N) is 1. The summed E-state index contributed by atoms with van der Waals surface area (Å²) in [5.41, 5.74) is 0. The molecule has 0 aromatic rings. The average Bonchev–Trinajstić information content (AvgIpc) is 2.36. The summed E-state index contributed by atoms with van der Waals surface area (Å²) in [4.78, 5) is 0. The first-order chi connectivity index (χ1) is 5.70. The van der Waals surface area contributed by atoms with Crippen LogP contribution in [0.3, 0.4) is 0 Å². The molecular weight excluding hydrogens is 153 g/mol. The third kappa shape index (κ3) is 3.10. The molecule has 12 heavy (non-hydrogen) atoms. The molecule has 1 N–H and O–H groups in total. The van der Waals surface area contributed by atoms with E-state index in [0.29, 0.717) is 0 Å². The van der Waals surface area contributed by atoms with Gasteiger partial charge in [0, 0.05) is 6.04 Å². The normalized spacial score (nSPS) is 30.0. The van der Waals surface area contributed by atoms with E-state index in [4.69, 9.17) is 0 Å². The Labute approximate surface area is 74.7 Å². The smallest absolute Gasteiger partial charge is 0.115 e. The minimum Gasteiger partial charge on any atom is -0.311 e. The molecule has 0 spiro atoms. The van der Waals surface area contributed by atoms with Crippen LogP contribution in [0.1, 0.15) is 39.5 Å². The van der Waals surface area contributed by atoms with Gasteiger partial charge in [0.2, 0.25) is 0 Å². The van der Waals surface area contributed by atoms with E-state index in [-0.39, 0.29) is 6.04 Å². The molecule has 0 unspecified atom stereocenters. The first-order valence-electron chi connectivity index (χ1n) is 5.07. The summed E-state index contributed by atoms with van der Waals surface area (Å²) in [5.74, 6) is 0.719. The lowest BCUT2D eigenvalue weighted by molar-refractivity contribution is 0.277. The number of alkyl halides is 1. The highest BCUT2D eigenvalue weighted by molar-refractivity contribution is 4.82. The number of halogens is 1. The summed E-state index contributed by atoms with van der Waals surface area (Å²) >= 11 is 0. The van der Waals surface area contributed by atoms with Crippen LogP contribution >= 0.6 is 0 Å². The van der Waals surface area contributed by atoms with Gasteiger partial charge >= 0.3 is 0 Å². The van der Waals surface area contributed by atoms with Crippen LogP contribution in [0.4, 0.5) is 4.39 Å². The fraction of sp³-hybridized carbons (Fsp3) is 1.00.